The highest BCUT2D eigenvalue weighted by atomic mass is 35.5. The minimum atomic E-state index is -4.60. The lowest BCUT2D eigenvalue weighted by Gasteiger charge is -2.24. The largest absolute Gasteiger partial charge is 0.457 e. The first-order valence-electron chi connectivity index (χ1n) is 23.0. The number of rotatable bonds is 10. The van der Waals surface area contributed by atoms with Crippen LogP contribution in [0.2, 0.25) is 10.0 Å². The molecule has 4 aliphatic rings. The van der Waals surface area contributed by atoms with Crippen LogP contribution in [-0.4, -0.2) is 59.6 Å². The minimum absolute atomic E-state index is 0.0643. The molecule has 20 heteroatoms. The summed E-state index contributed by atoms with van der Waals surface area (Å²) >= 11 is 11.4. The summed E-state index contributed by atoms with van der Waals surface area (Å²) in [7, 11) is 0. The van der Waals surface area contributed by atoms with E-state index in [4.69, 9.17) is 32.7 Å². The first kappa shape index (κ1) is 49.8. The van der Waals surface area contributed by atoms with Crippen LogP contribution in [0, 0.1) is 11.8 Å². The van der Waals surface area contributed by atoms with Crippen molar-refractivity contribution < 1.29 is 45.4 Å². The van der Waals surface area contributed by atoms with Crippen LogP contribution in [0.3, 0.4) is 0 Å². The van der Waals surface area contributed by atoms with Crippen LogP contribution in [0.25, 0.3) is 0 Å². The Kier molecular flexibility index (Phi) is 14.7. The molecule has 2 aromatic heterocycles. The van der Waals surface area contributed by atoms with E-state index in [1.807, 2.05) is 48.5 Å². The van der Waals surface area contributed by atoms with Gasteiger partial charge in [-0.05, 0) is 134 Å². The highest BCUT2D eigenvalue weighted by Gasteiger charge is 2.35. The van der Waals surface area contributed by atoms with Gasteiger partial charge >= 0.3 is 12.4 Å². The smallest absolute Gasteiger partial charge is 0.417 e. The Hall–Kier alpha value is -7.18. The van der Waals surface area contributed by atoms with Crippen LogP contribution in [0.1, 0.15) is 57.6 Å². The van der Waals surface area contributed by atoms with Crippen LogP contribution in [0.4, 0.5) is 37.7 Å². The zero-order chi connectivity index (χ0) is 50.6. The van der Waals surface area contributed by atoms with Gasteiger partial charge in [0.25, 0.3) is 0 Å². The molecule has 10 rings (SSSR count). The van der Waals surface area contributed by atoms with Crippen molar-refractivity contribution in [2.24, 2.45) is 21.8 Å². The molecule has 4 N–H and O–H groups in total. The average molecular weight is 1030 g/mol. The molecular weight excluding hydrogens is 986 g/mol. The fourth-order valence-corrected chi connectivity index (χ4v) is 9.24. The van der Waals surface area contributed by atoms with E-state index in [9.17, 15) is 35.9 Å². The fourth-order valence-electron chi connectivity index (χ4n) is 8.79. The number of hydrogen-bond donors (Lipinski definition) is 4. The number of fused-ring (bicyclic) bond motifs is 2. The fraction of sp³-hybridized carbons (Fsp3) is 0.269. The van der Waals surface area contributed by atoms with E-state index in [0.717, 1.165) is 71.3 Å². The van der Waals surface area contributed by atoms with Crippen molar-refractivity contribution in [3.05, 3.63) is 164 Å². The Balaban J connectivity index is 0.000000178. The summed E-state index contributed by atoms with van der Waals surface area (Å²) in [5.41, 5.74) is 3.77. The van der Waals surface area contributed by atoms with E-state index in [1.54, 1.807) is 24.5 Å². The molecule has 0 saturated heterocycles. The second-order valence-electron chi connectivity index (χ2n) is 17.4. The number of aromatic nitrogens is 2. The quantitative estimate of drug-likeness (QED) is 0.0991. The van der Waals surface area contributed by atoms with Gasteiger partial charge in [0, 0.05) is 60.8 Å². The number of carbonyl (C=O) groups excluding carboxylic acids is 2. The molecular formula is C52H44Cl2F6N8O4. The van der Waals surface area contributed by atoms with Gasteiger partial charge in [0.1, 0.15) is 46.1 Å². The number of pyridine rings is 2. The molecule has 0 spiro atoms. The number of benzene rings is 4. The number of aliphatic imine (C=N–C) groups is 2. The van der Waals surface area contributed by atoms with Crippen molar-refractivity contribution in [2.45, 2.75) is 50.9 Å². The summed E-state index contributed by atoms with van der Waals surface area (Å²) in [5.74, 6) is 2.55. The second-order valence-corrected chi connectivity index (χ2v) is 18.2. The molecule has 2 amide bonds. The van der Waals surface area contributed by atoms with Crippen molar-refractivity contribution in [1.29, 1.82) is 0 Å². The molecule has 0 saturated carbocycles. The van der Waals surface area contributed by atoms with Crippen molar-refractivity contribution in [2.75, 3.05) is 36.8 Å². The molecule has 2 atom stereocenters. The predicted octanol–water partition coefficient (Wildman–Crippen LogP) is 11.3. The van der Waals surface area contributed by atoms with E-state index < -0.39 is 33.5 Å². The number of ether oxygens (including phenoxy) is 2. The van der Waals surface area contributed by atoms with Crippen LogP contribution in [0.15, 0.2) is 119 Å². The number of hydrogen-bond acceptors (Lipinski definition) is 10. The van der Waals surface area contributed by atoms with E-state index >= 15 is 0 Å². The third-order valence-electron chi connectivity index (χ3n) is 12.4. The van der Waals surface area contributed by atoms with E-state index in [0.29, 0.717) is 86.0 Å². The molecule has 372 valence electrons. The van der Waals surface area contributed by atoms with Gasteiger partial charge in [-0.15, -0.1) is 0 Å². The number of amides is 2. The van der Waals surface area contributed by atoms with E-state index in [2.05, 4.69) is 41.2 Å². The SMILES string of the molecule is O=C(Nc1ccc(Cl)c(C(F)(F)F)c1)[C@@H]1CCc2ccc(Oc3ccnc(C4=NCCN4)c3)cc2C1.O=C(Nc1ccc(Cl)c(C(F)(F)F)c1)[C@H]1CCc2ccc(Oc3ccnc(C4=NCCN4)c3)cc2C1. The first-order chi connectivity index (χ1) is 34.5. The van der Waals surface area contributed by atoms with Gasteiger partial charge in [-0.1, -0.05) is 35.3 Å². The Morgan fingerprint density at radius 2 is 0.958 bits per heavy atom. The van der Waals surface area contributed by atoms with Gasteiger partial charge in [0.05, 0.1) is 34.3 Å². The number of anilines is 2. The molecule has 12 nitrogen and oxygen atoms in total. The third kappa shape index (κ3) is 12.1. The summed E-state index contributed by atoms with van der Waals surface area (Å²) in [6, 6.07) is 25.4. The molecule has 0 radical (unpaired) electrons. The number of nitrogens with zero attached hydrogens (tertiary/aromatic N) is 4. The standard InChI is InChI=1S/2C26H22ClF3N4O2/c2*27-22-6-4-18(13-21(22)26(28,29)30)34-25(35)16-2-1-15-3-5-19(12-17(15)11-16)36-20-7-8-31-23(14-20)24-32-9-10-33-24/h2*3-8,12-14,16H,1-2,9-11H2,(H,32,33)(H,34,35)/t2*16-/m10/s1. The first-order valence-corrected chi connectivity index (χ1v) is 23.7. The van der Waals surface area contributed by atoms with E-state index in [-0.39, 0.29) is 35.0 Å². The number of alkyl halides is 6. The summed E-state index contributed by atoms with van der Waals surface area (Å²) in [5, 5.41) is 10.8. The topological polar surface area (TPSA) is 151 Å². The molecule has 2 aliphatic heterocycles. The Bertz CT molecular complexity index is 2890. The zero-order valence-electron chi connectivity index (χ0n) is 38.1. The maximum absolute atomic E-state index is 13.2. The summed E-state index contributed by atoms with van der Waals surface area (Å²) in [6.07, 6.45) is -2.40. The Morgan fingerprint density at radius 3 is 1.35 bits per heavy atom. The highest BCUT2D eigenvalue weighted by Crippen LogP contribution is 2.39. The lowest BCUT2D eigenvalue weighted by Crippen LogP contribution is -2.28. The normalized spacial score (nSPS) is 17.1. The predicted molar refractivity (Wildman–Crippen MR) is 262 cm³/mol. The van der Waals surface area contributed by atoms with Gasteiger partial charge in [-0.25, -0.2) is 0 Å². The zero-order valence-corrected chi connectivity index (χ0v) is 39.6. The number of carbonyl (C=O) groups is 2. The number of amidine groups is 2. The van der Waals surface area contributed by atoms with Crippen molar-refractivity contribution in [3.63, 3.8) is 0 Å². The number of aryl methyl sites for hydroxylation is 2. The molecule has 0 unspecified atom stereocenters. The van der Waals surface area contributed by atoms with Crippen LogP contribution >= 0.6 is 23.2 Å². The maximum atomic E-state index is 13.2. The number of nitrogens with one attached hydrogen (secondary N) is 4. The van der Waals surface area contributed by atoms with Gasteiger partial charge in [0.15, 0.2) is 0 Å². The van der Waals surface area contributed by atoms with Gasteiger partial charge in [-0.3, -0.25) is 29.5 Å². The van der Waals surface area contributed by atoms with Gasteiger partial charge in [-0.2, -0.15) is 26.3 Å². The average Bonchev–Trinajstić information content (AvgIpc) is 4.11. The molecule has 72 heavy (non-hydrogen) atoms. The Morgan fingerprint density at radius 1 is 0.542 bits per heavy atom. The monoisotopic (exact) mass is 1030 g/mol. The summed E-state index contributed by atoms with van der Waals surface area (Å²) in [4.78, 5) is 43.2. The van der Waals surface area contributed by atoms with Crippen molar-refractivity contribution in [3.8, 4) is 23.0 Å². The molecule has 4 aromatic carbocycles. The van der Waals surface area contributed by atoms with Crippen molar-refractivity contribution >= 4 is 58.1 Å². The third-order valence-corrected chi connectivity index (χ3v) is 13.1. The lowest BCUT2D eigenvalue weighted by molar-refractivity contribution is -0.138. The van der Waals surface area contributed by atoms with Crippen LogP contribution < -0.4 is 30.7 Å². The Labute approximate surface area is 419 Å². The molecule has 4 heterocycles. The molecule has 6 aromatic rings. The lowest BCUT2D eigenvalue weighted by atomic mass is 9.83. The van der Waals surface area contributed by atoms with Gasteiger partial charge in [0.2, 0.25) is 11.8 Å². The molecule has 0 bridgehead atoms. The summed E-state index contributed by atoms with van der Waals surface area (Å²) in [6.45, 7) is 2.98. The van der Waals surface area contributed by atoms with Crippen molar-refractivity contribution in [1.82, 2.24) is 20.6 Å². The summed E-state index contributed by atoms with van der Waals surface area (Å²) < 4.78 is 91.1. The van der Waals surface area contributed by atoms with E-state index in [1.165, 1.54) is 12.1 Å². The second kappa shape index (κ2) is 21.3. The number of halogens is 8. The maximum Gasteiger partial charge on any atom is 0.417 e. The van der Waals surface area contributed by atoms with Crippen LogP contribution in [0.5, 0.6) is 23.0 Å². The highest BCUT2D eigenvalue weighted by molar-refractivity contribution is 6.32. The minimum Gasteiger partial charge on any atom is -0.457 e. The molecule has 0 fully saturated rings. The van der Waals surface area contributed by atoms with Crippen LogP contribution in [-0.2, 0) is 47.6 Å². The van der Waals surface area contributed by atoms with Gasteiger partial charge < -0.3 is 30.7 Å². The molecule has 2 aliphatic carbocycles.